The second-order valence-corrected chi connectivity index (χ2v) is 6.47. The van der Waals surface area contributed by atoms with Crippen molar-refractivity contribution in [2.24, 2.45) is 0 Å². The SMILES string of the molecule is C[N+]1(C[C@@H](Cl)CN2CCCC2=O)CCCCC1. The Morgan fingerprint density at radius 1 is 1.29 bits per heavy atom. The van der Waals surface area contributed by atoms with Crippen LogP contribution in [-0.4, -0.2) is 60.4 Å². The predicted octanol–water partition coefficient (Wildman–Crippen LogP) is 1.85. The average Bonchev–Trinajstić information content (AvgIpc) is 2.64. The molecule has 0 aromatic heterocycles. The Labute approximate surface area is 109 Å². The fourth-order valence-corrected chi connectivity index (χ4v) is 3.63. The van der Waals surface area contributed by atoms with Crippen molar-refractivity contribution in [2.45, 2.75) is 37.5 Å². The molecule has 2 fully saturated rings. The number of carbonyl (C=O) groups is 1. The number of amides is 1. The molecule has 2 aliphatic heterocycles. The Kier molecular flexibility index (Phi) is 4.31. The van der Waals surface area contributed by atoms with Crippen molar-refractivity contribution >= 4 is 17.5 Å². The quantitative estimate of drug-likeness (QED) is 0.557. The Hall–Kier alpha value is -0.280. The maximum absolute atomic E-state index is 11.5. The van der Waals surface area contributed by atoms with Crippen LogP contribution in [-0.2, 0) is 4.79 Å². The van der Waals surface area contributed by atoms with Crippen LogP contribution in [0.1, 0.15) is 32.1 Å². The zero-order chi connectivity index (χ0) is 12.3. The molecule has 0 aromatic carbocycles. The summed E-state index contributed by atoms with van der Waals surface area (Å²) in [7, 11) is 2.31. The van der Waals surface area contributed by atoms with E-state index < -0.39 is 0 Å². The molecule has 1 amide bonds. The summed E-state index contributed by atoms with van der Waals surface area (Å²) in [5.41, 5.74) is 0. The van der Waals surface area contributed by atoms with Gasteiger partial charge in [-0.25, -0.2) is 0 Å². The molecule has 0 spiro atoms. The van der Waals surface area contributed by atoms with Gasteiger partial charge in [-0.3, -0.25) is 4.79 Å². The van der Waals surface area contributed by atoms with Gasteiger partial charge in [0.15, 0.2) is 0 Å². The zero-order valence-corrected chi connectivity index (χ0v) is 11.6. The highest BCUT2D eigenvalue weighted by molar-refractivity contribution is 6.21. The van der Waals surface area contributed by atoms with Crippen LogP contribution in [0.25, 0.3) is 0 Å². The topological polar surface area (TPSA) is 20.3 Å². The zero-order valence-electron chi connectivity index (χ0n) is 10.8. The van der Waals surface area contributed by atoms with Crippen molar-refractivity contribution in [1.82, 2.24) is 4.90 Å². The Morgan fingerprint density at radius 2 is 2.00 bits per heavy atom. The molecule has 0 aliphatic carbocycles. The molecular weight excluding hydrogens is 236 g/mol. The molecule has 0 bridgehead atoms. The number of rotatable bonds is 4. The molecule has 0 unspecified atom stereocenters. The molecule has 2 heterocycles. The summed E-state index contributed by atoms with van der Waals surface area (Å²) in [5.74, 6) is 0.289. The summed E-state index contributed by atoms with van der Waals surface area (Å²) in [6.45, 7) is 5.15. The van der Waals surface area contributed by atoms with Gasteiger partial charge in [0.25, 0.3) is 0 Å². The summed E-state index contributed by atoms with van der Waals surface area (Å²) >= 11 is 6.44. The van der Waals surface area contributed by atoms with E-state index in [1.807, 2.05) is 4.90 Å². The van der Waals surface area contributed by atoms with E-state index in [4.69, 9.17) is 11.6 Å². The first kappa shape index (κ1) is 13.2. The van der Waals surface area contributed by atoms with E-state index in [9.17, 15) is 4.79 Å². The maximum atomic E-state index is 11.5. The molecule has 98 valence electrons. The lowest BCUT2D eigenvalue weighted by atomic mass is 10.1. The number of nitrogens with zero attached hydrogens (tertiary/aromatic N) is 2. The molecule has 0 N–H and O–H groups in total. The second kappa shape index (κ2) is 5.57. The molecule has 0 aromatic rings. The molecule has 1 atom stereocenters. The van der Waals surface area contributed by atoms with E-state index in [0.29, 0.717) is 0 Å². The van der Waals surface area contributed by atoms with E-state index in [-0.39, 0.29) is 11.3 Å². The van der Waals surface area contributed by atoms with E-state index >= 15 is 0 Å². The summed E-state index contributed by atoms with van der Waals surface area (Å²) in [6.07, 6.45) is 5.74. The molecule has 4 heteroatoms. The number of likely N-dealkylation sites (tertiary alicyclic amines) is 2. The second-order valence-electron chi connectivity index (χ2n) is 5.85. The van der Waals surface area contributed by atoms with Crippen LogP contribution in [0.2, 0.25) is 0 Å². The number of halogens is 1. The van der Waals surface area contributed by atoms with Gasteiger partial charge in [-0.2, -0.15) is 0 Å². The number of piperidine rings is 1. The molecule has 17 heavy (non-hydrogen) atoms. The van der Waals surface area contributed by atoms with Crippen LogP contribution >= 0.6 is 11.6 Å². The van der Waals surface area contributed by atoms with Crippen molar-refractivity contribution in [1.29, 1.82) is 0 Å². The van der Waals surface area contributed by atoms with Crippen LogP contribution in [0.3, 0.4) is 0 Å². The highest BCUT2D eigenvalue weighted by atomic mass is 35.5. The fourth-order valence-electron chi connectivity index (χ4n) is 3.13. The third kappa shape index (κ3) is 3.59. The van der Waals surface area contributed by atoms with Gasteiger partial charge in [0, 0.05) is 19.5 Å². The van der Waals surface area contributed by atoms with Crippen LogP contribution in [0, 0.1) is 0 Å². The van der Waals surface area contributed by atoms with Crippen molar-refractivity contribution in [2.75, 3.05) is 39.8 Å². The van der Waals surface area contributed by atoms with Gasteiger partial charge in [-0.15, -0.1) is 11.6 Å². The smallest absolute Gasteiger partial charge is 0.222 e. The largest absolute Gasteiger partial charge is 0.341 e. The van der Waals surface area contributed by atoms with Gasteiger partial charge in [-0.05, 0) is 25.7 Å². The Morgan fingerprint density at radius 3 is 2.59 bits per heavy atom. The van der Waals surface area contributed by atoms with E-state index in [2.05, 4.69) is 7.05 Å². The Bertz CT molecular complexity index is 277. The minimum atomic E-state index is 0.111. The van der Waals surface area contributed by atoms with E-state index in [0.717, 1.165) is 37.0 Å². The highest BCUT2D eigenvalue weighted by Crippen LogP contribution is 2.19. The first-order chi connectivity index (χ1) is 8.09. The van der Waals surface area contributed by atoms with Crippen molar-refractivity contribution in [3.8, 4) is 0 Å². The lowest BCUT2D eigenvalue weighted by Gasteiger charge is -2.39. The average molecular weight is 260 g/mol. The number of hydrogen-bond acceptors (Lipinski definition) is 1. The first-order valence-electron chi connectivity index (χ1n) is 6.84. The molecular formula is C13H24ClN2O+. The van der Waals surface area contributed by atoms with Gasteiger partial charge in [0.2, 0.25) is 5.91 Å². The molecule has 0 radical (unpaired) electrons. The first-order valence-corrected chi connectivity index (χ1v) is 7.28. The number of quaternary nitrogens is 1. The Balaban J connectivity index is 1.79. The van der Waals surface area contributed by atoms with Crippen LogP contribution in [0.15, 0.2) is 0 Å². The molecule has 2 aliphatic rings. The van der Waals surface area contributed by atoms with Gasteiger partial charge >= 0.3 is 0 Å². The monoisotopic (exact) mass is 259 g/mol. The lowest BCUT2D eigenvalue weighted by Crippen LogP contribution is -2.52. The fraction of sp³-hybridized carbons (Fsp3) is 0.923. The third-order valence-corrected chi connectivity index (χ3v) is 4.40. The number of hydrogen-bond donors (Lipinski definition) is 0. The molecule has 2 saturated heterocycles. The summed E-state index contributed by atoms with van der Waals surface area (Å²) in [6, 6.07) is 0. The maximum Gasteiger partial charge on any atom is 0.222 e. The van der Waals surface area contributed by atoms with Gasteiger partial charge in [-0.1, -0.05) is 0 Å². The standard InChI is InChI=1S/C13H24ClN2O/c1-16(8-3-2-4-9-16)11-12(14)10-15-7-5-6-13(15)17/h12H,2-11H2,1H3/q+1/t12-/m0/s1. The van der Waals surface area contributed by atoms with Crippen molar-refractivity contribution in [3.63, 3.8) is 0 Å². The molecule has 2 rings (SSSR count). The normalized spacial score (nSPS) is 26.2. The van der Waals surface area contributed by atoms with Crippen molar-refractivity contribution < 1.29 is 9.28 Å². The third-order valence-electron chi connectivity index (χ3n) is 4.12. The van der Waals surface area contributed by atoms with Crippen LogP contribution in [0.4, 0.5) is 0 Å². The van der Waals surface area contributed by atoms with E-state index in [1.165, 1.54) is 32.4 Å². The highest BCUT2D eigenvalue weighted by Gasteiger charge is 2.30. The summed E-state index contributed by atoms with van der Waals surface area (Å²) in [5, 5.41) is 0.111. The molecule has 3 nitrogen and oxygen atoms in total. The number of carbonyl (C=O) groups excluding carboxylic acids is 1. The summed E-state index contributed by atoms with van der Waals surface area (Å²) < 4.78 is 1.09. The number of alkyl halides is 1. The van der Waals surface area contributed by atoms with E-state index in [1.54, 1.807) is 0 Å². The van der Waals surface area contributed by atoms with Gasteiger partial charge in [0.1, 0.15) is 5.38 Å². The predicted molar refractivity (Wildman–Crippen MR) is 70.1 cm³/mol. The van der Waals surface area contributed by atoms with Crippen molar-refractivity contribution in [3.05, 3.63) is 0 Å². The van der Waals surface area contributed by atoms with Crippen LogP contribution < -0.4 is 0 Å². The van der Waals surface area contributed by atoms with Gasteiger partial charge < -0.3 is 9.38 Å². The molecule has 0 saturated carbocycles. The lowest BCUT2D eigenvalue weighted by molar-refractivity contribution is -0.913. The van der Waals surface area contributed by atoms with Gasteiger partial charge in [0.05, 0.1) is 26.7 Å². The summed E-state index contributed by atoms with van der Waals surface area (Å²) in [4.78, 5) is 13.5. The van der Waals surface area contributed by atoms with Crippen LogP contribution in [0.5, 0.6) is 0 Å². The minimum Gasteiger partial charge on any atom is -0.341 e. The minimum absolute atomic E-state index is 0.111.